The van der Waals surface area contributed by atoms with Gasteiger partial charge >= 0.3 is 0 Å². The van der Waals surface area contributed by atoms with Crippen molar-refractivity contribution in [3.8, 4) is 0 Å². The molecule has 1 saturated heterocycles. The molecule has 1 atom stereocenters. The molecule has 1 fully saturated rings. The Balaban J connectivity index is 1.69. The van der Waals surface area contributed by atoms with Crippen LogP contribution in [0.5, 0.6) is 0 Å². The van der Waals surface area contributed by atoms with Gasteiger partial charge in [0.25, 0.3) is 0 Å². The number of benzene rings is 1. The lowest BCUT2D eigenvalue weighted by Gasteiger charge is -2.11. The van der Waals surface area contributed by atoms with Crippen LogP contribution in [0.25, 0.3) is 11.0 Å². The summed E-state index contributed by atoms with van der Waals surface area (Å²) in [6.07, 6.45) is 3.22. The summed E-state index contributed by atoms with van der Waals surface area (Å²) in [6, 6.07) is 7.95. The maximum Gasteiger partial charge on any atom is 0.220 e. The van der Waals surface area contributed by atoms with Gasteiger partial charge in [0.2, 0.25) is 5.91 Å². The fraction of sp³-hybridized carbons (Fsp3) is 0.308. The standard InChI is InChI=1S/C13H14N4O/c18-13-6-5-9(16-13)7-15-12-8-14-10-3-1-2-4-11(10)17-12/h1-4,8-9H,5-7H2,(H,15,17)(H,16,18). The zero-order valence-electron chi connectivity index (χ0n) is 9.89. The van der Waals surface area contributed by atoms with E-state index in [1.807, 2.05) is 24.3 Å². The molecule has 0 spiro atoms. The summed E-state index contributed by atoms with van der Waals surface area (Å²) < 4.78 is 0. The number of aromatic nitrogens is 2. The molecule has 2 N–H and O–H groups in total. The van der Waals surface area contributed by atoms with Crippen molar-refractivity contribution in [3.05, 3.63) is 30.5 Å². The molecule has 1 amide bonds. The van der Waals surface area contributed by atoms with Crippen molar-refractivity contribution in [2.75, 3.05) is 11.9 Å². The summed E-state index contributed by atoms with van der Waals surface area (Å²) in [6.45, 7) is 0.693. The summed E-state index contributed by atoms with van der Waals surface area (Å²) in [7, 11) is 0. The zero-order valence-corrected chi connectivity index (χ0v) is 9.89. The number of fused-ring (bicyclic) bond motifs is 1. The van der Waals surface area contributed by atoms with Crippen molar-refractivity contribution in [3.63, 3.8) is 0 Å². The normalized spacial score (nSPS) is 18.9. The van der Waals surface area contributed by atoms with E-state index < -0.39 is 0 Å². The second-order valence-electron chi connectivity index (χ2n) is 4.43. The highest BCUT2D eigenvalue weighted by molar-refractivity contribution is 5.78. The molecular formula is C13H14N4O. The third-order valence-corrected chi connectivity index (χ3v) is 3.06. The lowest BCUT2D eigenvalue weighted by Crippen LogP contribution is -2.32. The minimum absolute atomic E-state index is 0.131. The van der Waals surface area contributed by atoms with Crippen LogP contribution < -0.4 is 10.6 Å². The third-order valence-electron chi connectivity index (χ3n) is 3.06. The number of carbonyl (C=O) groups is 1. The molecule has 5 nitrogen and oxygen atoms in total. The first kappa shape index (κ1) is 11.0. The summed E-state index contributed by atoms with van der Waals surface area (Å²) in [5.41, 5.74) is 1.76. The Morgan fingerprint density at radius 3 is 2.94 bits per heavy atom. The fourth-order valence-electron chi connectivity index (χ4n) is 2.10. The molecule has 0 saturated carbocycles. The van der Waals surface area contributed by atoms with E-state index in [0.29, 0.717) is 13.0 Å². The molecule has 1 aliphatic heterocycles. The number of anilines is 1. The van der Waals surface area contributed by atoms with Crippen LogP contribution in [0.3, 0.4) is 0 Å². The molecule has 0 bridgehead atoms. The average molecular weight is 242 g/mol. The number of carbonyl (C=O) groups excluding carboxylic acids is 1. The highest BCUT2D eigenvalue weighted by Gasteiger charge is 2.20. The van der Waals surface area contributed by atoms with E-state index in [2.05, 4.69) is 20.6 Å². The number of rotatable bonds is 3. The molecule has 2 heterocycles. The summed E-state index contributed by atoms with van der Waals surface area (Å²) >= 11 is 0. The SMILES string of the molecule is O=C1CCC(CNc2cnc3ccccc3n2)N1. The Hall–Kier alpha value is -2.17. The second kappa shape index (κ2) is 4.60. The van der Waals surface area contributed by atoms with Gasteiger partial charge in [-0.25, -0.2) is 4.98 Å². The van der Waals surface area contributed by atoms with Gasteiger partial charge in [-0.05, 0) is 18.6 Å². The molecule has 0 aliphatic carbocycles. The van der Waals surface area contributed by atoms with Crippen LogP contribution in [-0.2, 0) is 4.79 Å². The Bertz CT molecular complexity index is 584. The predicted octanol–water partition coefficient (Wildman–Crippen LogP) is 1.32. The Morgan fingerprint density at radius 2 is 2.17 bits per heavy atom. The average Bonchev–Trinajstić information content (AvgIpc) is 2.82. The van der Waals surface area contributed by atoms with Gasteiger partial charge in [0.05, 0.1) is 17.2 Å². The molecule has 92 valence electrons. The number of hydrogen-bond acceptors (Lipinski definition) is 4. The van der Waals surface area contributed by atoms with Crippen molar-refractivity contribution in [1.82, 2.24) is 15.3 Å². The number of para-hydroxylation sites is 2. The van der Waals surface area contributed by atoms with Gasteiger partial charge in [-0.2, -0.15) is 0 Å². The molecule has 2 aromatic rings. The molecule has 18 heavy (non-hydrogen) atoms. The van der Waals surface area contributed by atoms with Crippen molar-refractivity contribution >= 4 is 22.8 Å². The Labute approximate surface area is 105 Å². The molecule has 1 unspecified atom stereocenters. The fourth-order valence-corrected chi connectivity index (χ4v) is 2.10. The number of nitrogens with zero attached hydrogens (tertiary/aromatic N) is 2. The van der Waals surface area contributed by atoms with E-state index in [-0.39, 0.29) is 11.9 Å². The monoisotopic (exact) mass is 242 g/mol. The van der Waals surface area contributed by atoms with Gasteiger partial charge in [0, 0.05) is 19.0 Å². The number of nitrogens with one attached hydrogen (secondary N) is 2. The molecule has 1 aromatic heterocycles. The van der Waals surface area contributed by atoms with Crippen LogP contribution in [0.2, 0.25) is 0 Å². The minimum atomic E-state index is 0.131. The maximum absolute atomic E-state index is 11.1. The second-order valence-corrected chi connectivity index (χ2v) is 4.43. The first-order valence-electron chi connectivity index (χ1n) is 6.06. The van der Waals surface area contributed by atoms with Crippen LogP contribution in [0.15, 0.2) is 30.5 Å². The van der Waals surface area contributed by atoms with Gasteiger partial charge in [0.15, 0.2) is 0 Å². The van der Waals surface area contributed by atoms with Crippen LogP contribution >= 0.6 is 0 Å². The molecular weight excluding hydrogens is 228 g/mol. The largest absolute Gasteiger partial charge is 0.367 e. The molecule has 1 aromatic carbocycles. The molecule has 3 rings (SSSR count). The van der Waals surface area contributed by atoms with E-state index in [9.17, 15) is 4.79 Å². The van der Waals surface area contributed by atoms with Crippen molar-refractivity contribution in [1.29, 1.82) is 0 Å². The summed E-state index contributed by atoms with van der Waals surface area (Å²) in [4.78, 5) is 19.9. The smallest absolute Gasteiger partial charge is 0.220 e. The van der Waals surface area contributed by atoms with Gasteiger partial charge in [-0.1, -0.05) is 12.1 Å². The topological polar surface area (TPSA) is 66.9 Å². The molecule has 5 heteroatoms. The minimum Gasteiger partial charge on any atom is -0.367 e. The summed E-state index contributed by atoms with van der Waals surface area (Å²) in [5, 5.41) is 6.12. The van der Waals surface area contributed by atoms with Crippen molar-refractivity contribution in [2.24, 2.45) is 0 Å². The van der Waals surface area contributed by atoms with E-state index >= 15 is 0 Å². The molecule has 1 aliphatic rings. The lowest BCUT2D eigenvalue weighted by molar-refractivity contribution is -0.119. The van der Waals surface area contributed by atoms with E-state index in [1.54, 1.807) is 6.20 Å². The van der Waals surface area contributed by atoms with Crippen LogP contribution in [0.4, 0.5) is 5.82 Å². The highest BCUT2D eigenvalue weighted by Crippen LogP contribution is 2.12. The van der Waals surface area contributed by atoms with Crippen molar-refractivity contribution < 1.29 is 4.79 Å². The van der Waals surface area contributed by atoms with E-state index in [1.165, 1.54) is 0 Å². The van der Waals surface area contributed by atoms with Gasteiger partial charge < -0.3 is 10.6 Å². The first-order valence-corrected chi connectivity index (χ1v) is 6.06. The van der Waals surface area contributed by atoms with E-state index in [4.69, 9.17) is 0 Å². The third kappa shape index (κ3) is 2.25. The highest BCUT2D eigenvalue weighted by atomic mass is 16.1. The Morgan fingerprint density at radius 1 is 1.33 bits per heavy atom. The first-order chi connectivity index (χ1) is 8.81. The Kier molecular flexibility index (Phi) is 2.80. The van der Waals surface area contributed by atoms with Gasteiger partial charge in [-0.15, -0.1) is 0 Å². The quantitative estimate of drug-likeness (QED) is 0.852. The number of amides is 1. The van der Waals surface area contributed by atoms with Crippen LogP contribution in [0, 0.1) is 0 Å². The van der Waals surface area contributed by atoms with Crippen molar-refractivity contribution in [2.45, 2.75) is 18.9 Å². The number of hydrogen-bond donors (Lipinski definition) is 2. The molecule has 0 radical (unpaired) electrons. The maximum atomic E-state index is 11.1. The predicted molar refractivity (Wildman–Crippen MR) is 69.2 cm³/mol. The zero-order chi connectivity index (χ0) is 12.4. The lowest BCUT2D eigenvalue weighted by atomic mass is 10.2. The van der Waals surface area contributed by atoms with Gasteiger partial charge in [0.1, 0.15) is 5.82 Å². The van der Waals surface area contributed by atoms with E-state index in [0.717, 1.165) is 23.3 Å². The summed E-state index contributed by atoms with van der Waals surface area (Å²) in [5.74, 6) is 0.876. The van der Waals surface area contributed by atoms with Crippen LogP contribution in [-0.4, -0.2) is 28.5 Å². The van der Waals surface area contributed by atoms with Crippen LogP contribution in [0.1, 0.15) is 12.8 Å². The van der Waals surface area contributed by atoms with Gasteiger partial charge in [-0.3, -0.25) is 9.78 Å².